The van der Waals surface area contributed by atoms with Gasteiger partial charge in [-0.15, -0.1) is 0 Å². The number of nitrogens with one attached hydrogen (secondary N) is 1. The van der Waals surface area contributed by atoms with Gasteiger partial charge >= 0.3 is 0 Å². The molecule has 1 saturated heterocycles. The van der Waals surface area contributed by atoms with Gasteiger partial charge in [-0.05, 0) is 51.4 Å². The Morgan fingerprint density at radius 2 is 1.89 bits per heavy atom. The maximum atomic E-state index is 12.7. The van der Waals surface area contributed by atoms with Crippen LogP contribution in [0.25, 0.3) is 0 Å². The van der Waals surface area contributed by atoms with Gasteiger partial charge < -0.3 is 15.1 Å². The molecule has 2 heterocycles. The normalized spacial score (nSPS) is 20.1. The van der Waals surface area contributed by atoms with E-state index in [2.05, 4.69) is 28.2 Å². The fourth-order valence-electron chi connectivity index (χ4n) is 3.92. The number of carbonyl (C=O) groups is 2. The van der Waals surface area contributed by atoms with E-state index in [0.29, 0.717) is 13.0 Å². The second-order valence-electron chi connectivity index (χ2n) is 7.71. The summed E-state index contributed by atoms with van der Waals surface area (Å²) in [5, 5.41) is 3.03. The number of carbonyl (C=O) groups excluding carboxylic acids is 2. The Hall–Kier alpha value is -1.92. The molecule has 2 amide bonds. The highest BCUT2D eigenvalue weighted by molar-refractivity contribution is 6.01. The number of piperazine rings is 1. The standard InChI is InChI=1S/C21H32N4O2/c1-17(21(27)22-11-6-12-24-15-13-23(2)14-16-24)25-19-9-4-3-7-18(19)8-5-10-20(25)26/h3-4,7,9,17H,5-6,8,10-16H2,1-2H3,(H,22,27). The number of amides is 2. The van der Waals surface area contributed by atoms with Gasteiger partial charge in [-0.2, -0.15) is 0 Å². The van der Waals surface area contributed by atoms with Crippen LogP contribution in [0.3, 0.4) is 0 Å². The molecule has 6 nitrogen and oxygen atoms in total. The number of aryl methyl sites for hydroxylation is 1. The van der Waals surface area contributed by atoms with Crippen LogP contribution in [0.2, 0.25) is 0 Å². The first-order valence-corrected chi connectivity index (χ1v) is 10.1. The Morgan fingerprint density at radius 3 is 2.67 bits per heavy atom. The Labute approximate surface area is 162 Å². The summed E-state index contributed by atoms with van der Waals surface area (Å²) in [5.41, 5.74) is 2.04. The molecule has 0 spiro atoms. The second-order valence-corrected chi connectivity index (χ2v) is 7.71. The number of rotatable bonds is 6. The Balaban J connectivity index is 1.51. The van der Waals surface area contributed by atoms with Crippen molar-refractivity contribution in [1.29, 1.82) is 0 Å². The number of anilines is 1. The van der Waals surface area contributed by atoms with Gasteiger partial charge in [0.2, 0.25) is 11.8 Å². The van der Waals surface area contributed by atoms with Crippen molar-refractivity contribution in [3.8, 4) is 0 Å². The van der Waals surface area contributed by atoms with E-state index in [1.54, 1.807) is 4.90 Å². The van der Waals surface area contributed by atoms with Gasteiger partial charge in [0.1, 0.15) is 6.04 Å². The van der Waals surface area contributed by atoms with E-state index in [4.69, 9.17) is 0 Å². The van der Waals surface area contributed by atoms with Crippen molar-refractivity contribution < 1.29 is 9.59 Å². The lowest BCUT2D eigenvalue weighted by Gasteiger charge is -2.32. The van der Waals surface area contributed by atoms with Crippen LogP contribution >= 0.6 is 0 Å². The third-order valence-corrected chi connectivity index (χ3v) is 5.67. The first-order chi connectivity index (χ1) is 13.1. The van der Waals surface area contributed by atoms with Gasteiger partial charge in [-0.1, -0.05) is 18.2 Å². The summed E-state index contributed by atoms with van der Waals surface area (Å²) in [6.07, 6.45) is 3.16. The number of fused-ring (bicyclic) bond motifs is 1. The molecule has 148 valence electrons. The minimum atomic E-state index is -0.486. The molecule has 2 aliphatic heterocycles. The van der Waals surface area contributed by atoms with Crippen LogP contribution in [0.4, 0.5) is 5.69 Å². The summed E-state index contributed by atoms with van der Waals surface area (Å²) in [6, 6.07) is 7.46. The van der Waals surface area contributed by atoms with E-state index < -0.39 is 6.04 Å². The molecule has 0 aromatic heterocycles. The van der Waals surface area contributed by atoms with E-state index >= 15 is 0 Å². The third-order valence-electron chi connectivity index (χ3n) is 5.67. The van der Waals surface area contributed by atoms with E-state index in [1.807, 2.05) is 25.1 Å². The third kappa shape index (κ3) is 5.08. The summed E-state index contributed by atoms with van der Waals surface area (Å²) in [6.45, 7) is 7.91. The molecule has 1 aromatic rings. The van der Waals surface area contributed by atoms with E-state index in [9.17, 15) is 9.59 Å². The van der Waals surface area contributed by atoms with Crippen LogP contribution in [0, 0.1) is 0 Å². The van der Waals surface area contributed by atoms with Crippen LogP contribution in [-0.2, 0) is 16.0 Å². The highest BCUT2D eigenvalue weighted by Gasteiger charge is 2.30. The van der Waals surface area contributed by atoms with Crippen LogP contribution in [0.1, 0.15) is 31.7 Å². The van der Waals surface area contributed by atoms with Gasteiger partial charge in [0, 0.05) is 44.8 Å². The van der Waals surface area contributed by atoms with E-state index in [1.165, 1.54) is 0 Å². The summed E-state index contributed by atoms with van der Waals surface area (Å²) >= 11 is 0. The van der Waals surface area contributed by atoms with E-state index in [0.717, 1.165) is 63.2 Å². The van der Waals surface area contributed by atoms with Crippen molar-refractivity contribution in [2.24, 2.45) is 0 Å². The van der Waals surface area contributed by atoms with Crippen LogP contribution in [-0.4, -0.2) is 74.0 Å². The Morgan fingerprint density at radius 1 is 1.15 bits per heavy atom. The number of benzene rings is 1. The molecule has 6 heteroatoms. The monoisotopic (exact) mass is 372 g/mol. The van der Waals surface area contributed by atoms with Crippen molar-refractivity contribution in [2.45, 2.75) is 38.6 Å². The zero-order valence-corrected chi connectivity index (χ0v) is 16.6. The molecule has 0 radical (unpaired) electrons. The van der Waals surface area contributed by atoms with Crippen molar-refractivity contribution in [2.75, 3.05) is 51.2 Å². The van der Waals surface area contributed by atoms with Crippen molar-refractivity contribution in [3.63, 3.8) is 0 Å². The van der Waals surface area contributed by atoms with Crippen LogP contribution < -0.4 is 10.2 Å². The Bertz CT molecular complexity index is 655. The first-order valence-electron chi connectivity index (χ1n) is 10.1. The molecule has 27 heavy (non-hydrogen) atoms. The van der Waals surface area contributed by atoms with E-state index in [-0.39, 0.29) is 11.8 Å². The quantitative estimate of drug-likeness (QED) is 0.769. The zero-order chi connectivity index (χ0) is 19.2. The zero-order valence-electron chi connectivity index (χ0n) is 16.6. The first kappa shape index (κ1) is 19.8. The predicted octanol–water partition coefficient (Wildman–Crippen LogP) is 1.50. The predicted molar refractivity (Wildman–Crippen MR) is 108 cm³/mol. The number of para-hydroxylation sites is 1. The molecule has 3 rings (SSSR count). The number of hydrogen-bond donors (Lipinski definition) is 1. The second kappa shape index (κ2) is 9.33. The SMILES string of the molecule is CC(C(=O)NCCCN1CCN(C)CC1)N1C(=O)CCCc2ccccc21. The minimum Gasteiger partial charge on any atom is -0.354 e. The average molecular weight is 373 g/mol. The number of likely N-dealkylation sites (N-methyl/N-ethyl adjacent to an activating group) is 1. The van der Waals surface area contributed by atoms with Crippen LogP contribution in [0.15, 0.2) is 24.3 Å². The van der Waals surface area contributed by atoms with Crippen molar-refractivity contribution in [3.05, 3.63) is 29.8 Å². The average Bonchev–Trinajstić information content (AvgIpc) is 2.84. The molecule has 2 aliphatic rings. The number of nitrogens with zero attached hydrogens (tertiary/aromatic N) is 3. The lowest BCUT2D eigenvalue weighted by molar-refractivity contribution is -0.126. The fourth-order valence-corrected chi connectivity index (χ4v) is 3.92. The maximum absolute atomic E-state index is 12.7. The summed E-state index contributed by atoms with van der Waals surface area (Å²) in [5.74, 6) is -0.0292. The van der Waals surface area contributed by atoms with Gasteiger partial charge in [0.25, 0.3) is 0 Å². The molecule has 1 aromatic carbocycles. The highest BCUT2D eigenvalue weighted by Crippen LogP contribution is 2.28. The molecule has 1 atom stereocenters. The smallest absolute Gasteiger partial charge is 0.242 e. The van der Waals surface area contributed by atoms with Gasteiger partial charge in [0.15, 0.2) is 0 Å². The molecule has 0 aliphatic carbocycles. The van der Waals surface area contributed by atoms with Gasteiger partial charge in [-0.25, -0.2) is 0 Å². The molecule has 1 N–H and O–H groups in total. The minimum absolute atomic E-state index is 0.0417. The molecule has 1 unspecified atom stereocenters. The molecular weight excluding hydrogens is 340 g/mol. The topological polar surface area (TPSA) is 55.9 Å². The maximum Gasteiger partial charge on any atom is 0.242 e. The summed E-state index contributed by atoms with van der Waals surface area (Å²) < 4.78 is 0. The molecule has 0 bridgehead atoms. The largest absolute Gasteiger partial charge is 0.354 e. The van der Waals surface area contributed by atoms with Crippen molar-refractivity contribution in [1.82, 2.24) is 15.1 Å². The number of hydrogen-bond acceptors (Lipinski definition) is 4. The van der Waals surface area contributed by atoms with Gasteiger partial charge in [0.05, 0.1) is 0 Å². The summed E-state index contributed by atoms with van der Waals surface area (Å²) in [7, 11) is 2.15. The summed E-state index contributed by atoms with van der Waals surface area (Å²) in [4.78, 5) is 31.8. The van der Waals surface area contributed by atoms with Crippen LogP contribution in [0.5, 0.6) is 0 Å². The highest BCUT2D eigenvalue weighted by atomic mass is 16.2. The molecular formula is C21H32N4O2. The fraction of sp³-hybridized carbons (Fsp3) is 0.619. The van der Waals surface area contributed by atoms with Gasteiger partial charge in [-0.3, -0.25) is 14.5 Å². The molecule has 0 saturated carbocycles. The molecule has 1 fully saturated rings. The van der Waals surface area contributed by atoms with Crippen molar-refractivity contribution >= 4 is 17.5 Å². The Kier molecular flexibility index (Phi) is 6.85. The lowest BCUT2D eigenvalue weighted by atomic mass is 10.1. The lowest BCUT2D eigenvalue weighted by Crippen LogP contribution is -2.49.